The summed E-state index contributed by atoms with van der Waals surface area (Å²) < 4.78 is 5.18. The van der Waals surface area contributed by atoms with E-state index in [1.807, 2.05) is 48.5 Å². The van der Waals surface area contributed by atoms with Gasteiger partial charge >= 0.3 is 6.09 Å². The van der Waals surface area contributed by atoms with Crippen LogP contribution in [0.25, 0.3) is 0 Å². The fourth-order valence-electron chi connectivity index (χ4n) is 2.74. The molecule has 27 heavy (non-hydrogen) atoms. The van der Waals surface area contributed by atoms with Crippen LogP contribution in [0.3, 0.4) is 0 Å². The maximum Gasteiger partial charge on any atom is 0.414 e. The molecule has 134 valence electrons. The highest BCUT2D eigenvalue weighted by Gasteiger charge is 2.27. The third kappa shape index (κ3) is 3.73. The Morgan fingerprint density at radius 3 is 2.63 bits per heavy atom. The van der Waals surface area contributed by atoms with Gasteiger partial charge in [-0.15, -0.1) is 11.3 Å². The topological polar surface area (TPSA) is 79.8 Å². The van der Waals surface area contributed by atoms with Crippen molar-refractivity contribution in [2.75, 3.05) is 5.32 Å². The highest BCUT2D eigenvalue weighted by molar-refractivity contribution is 7.08. The number of hydrogen-bond donors (Lipinski definition) is 2. The van der Waals surface area contributed by atoms with Crippen molar-refractivity contribution < 1.29 is 14.3 Å². The average molecular weight is 377 g/mol. The second-order valence-electron chi connectivity index (χ2n) is 5.77. The third-order valence-corrected chi connectivity index (χ3v) is 4.62. The van der Waals surface area contributed by atoms with Crippen LogP contribution < -0.4 is 15.4 Å². The van der Waals surface area contributed by atoms with Crippen molar-refractivity contribution in [3.8, 4) is 5.75 Å². The molecule has 3 aromatic rings. The van der Waals surface area contributed by atoms with E-state index in [2.05, 4.69) is 15.6 Å². The van der Waals surface area contributed by atoms with E-state index in [0.29, 0.717) is 17.1 Å². The fraction of sp³-hybridized carbons (Fsp3) is 0.0500. The number of hydrogen-bond acceptors (Lipinski definition) is 5. The molecule has 2 heterocycles. The van der Waals surface area contributed by atoms with Crippen LogP contribution in [0.1, 0.15) is 11.1 Å². The van der Waals surface area contributed by atoms with Gasteiger partial charge in [-0.05, 0) is 17.5 Å². The number of carbonyl (C=O) groups is 2. The van der Waals surface area contributed by atoms with Gasteiger partial charge in [-0.3, -0.25) is 10.1 Å². The van der Waals surface area contributed by atoms with E-state index in [1.54, 1.807) is 22.9 Å². The van der Waals surface area contributed by atoms with Gasteiger partial charge in [0.2, 0.25) is 6.17 Å². The third-order valence-electron chi connectivity index (χ3n) is 3.95. The van der Waals surface area contributed by atoms with E-state index in [9.17, 15) is 9.59 Å². The number of carbonyl (C=O) groups excluding carboxylic acids is 2. The first-order valence-electron chi connectivity index (χ1n) is 8.25. The lowest BCUT2D eigenvalue weighted by Gasteiger charge is -2.12. The number of para-hydroxylation sites is 1. The molecule has 0 saturated heterocycles. The normalized spacial score (nSPS) is 15.8. The van der Waals surface area contributed by atoms with Gasteiger partial charge in [0.1, 0.15) is 5.75 Å². The maximum atomic E-state index is 12.6. The van der Waals surface area contributed by atoms with Crippen molar-refractivity contribution in [3.63, 3.8) is 0 Å². The number of ether oxygens (including phenoxy) is 1. The van der Waals surface area contributed by atoms with Crippen LogP contribution in [0.4, 0.5) is 10.5 Å². The lowest BCUT2D eigenvalue weighted by atomic mass is 10.0. The summed E-state index contributed by atoms with van der Waals surface area (Å²) in [6.07, 6.45) is -1.85. The molecule has 6 nitrogen and oxygen atoms in total. The molecule has 0 radical (unpaired) electrons. The minimum absolute atomic E-state index is 0.419. The number of thiophene rings is 1. The Morgan fingerprint density at radius 1 is 1.07 bits per heavy atom. The Hall–Kier alpha value is -3.45. The number of amides is 2. The average Bonchev–Trinajstić information content (AvgIpc) is 3.14. The number of benzene rings is 2. The van der Waals surface area contributed by atoms with Gasteiger partial charge in [0.25, 0.3) is 5.91 Å². The van der Waals surface area contributed by atoms with Gasteiger partial charge in [-0.2, -0.15) is 0 Å². The number of benzodiazepines with no additional fused rings is 1. The van der Waals surface area contributed by atoms with Crippen molar-refractivity contribution >= 4 is 34.7 Å². The molecule has 1 aliphatic heterocycles. The summed E-state index contributed by atoms with van der Waals surface area (Å²) in [5.74, 6) is -0.0160. The van der Waals surface area contributed by atoms with E-state index in [0.717, 1.165) is 11.1 Å². The monoisotopic (exact) mass is 377 g/mol. The lowest BCUT2D eigenvalue weighted by Crippen LogP contribution is -2.43. The lowest BCUT2D eigenvalue weighted by molar-refractivity contribution is -0.117. The summed E-state index contributed by atoms with van der Waals surface area (Å²) in [4.78, 5) is 29.3. The van der Waals surface area contributed by atoms with Crippen LogP contribution in [0.2, 0.25) is 0 Å². The highest BCUT2D eigenvalue weighted by Crippen LogP contribution is 2.23. The minimum atomic E-state index is -1.11. The molecule has 0 aliphatic carbocycles. The van der Waals surface area contributed by atoms with Gasteiger partial charge in [-0.1, -0.05) is 48.5 Å². The zero-order valence-corrected chi connectivity index (χ0v) is 14.9. The van der Waals surface area contributed by atoms with Gasteiger partial charge in [0, 0.05) is 16.5 Å². The summed E-state index contributed by atoms with van der Waals surface area (Å²) in [5, 5.41) is 8.83. The van der Waals surface area contributed by atoms with Crippen molar-refractivity contribution in [2.24, 2.45) is 4.99 Å². The molecule has 7 heteroatoms. The Kier molecular flexibility index (Phi) is 4.67. The molecule has 1 aliphatic rings. The SMILES string of the molecule is O=C(NC1N=C(c2ccccc2)c2ccccc2NC1=O)Oc1ccsc1. The smallest absolute Gasteiger partial charge is 0.409 e. The number of aliphatic imine (C=N–C) groups is 1. The maximum absolute atomic E-state index is 12.6. The molecule has 2 N–H and O–H groups in total. The first-order valence-corrected chi connectivity index (χ1v) is 9.19. The second-order valence-corrected chi connectivity index (χ2v) is 6.55. The number of anilines is 1. The minimum Gasteiger partial charge on any atom is -0.409 e. The first-order chi connectivity index (χ1) is 13.2. The molecule has 0 saturated carbocycles. The van der Waals surface area contributed by atoms with Crippen molar-refractivity contribution in [1.29, 1.82) is 0 Å². The van der Waals surface area contributed by atoms with Gasteiger partial charge in [-0.25, -0.2) is 9.79 Å². The van der Waals surface area contributed by atoms with Crippen LogP contribution in [0.15, 0.2) is 76.4 Å². The molecule has 1 aromatic heterocycles. The second kappa shape index (κ2) is 7.43. The predicted octanol–water partition coefficient (Wildman–Crippen LogP) is 3.65. The van der Waals surface area contributed by atoms with Crippen LogP contribution >= 0.6 is 11.3 Å². The van der Waals surface area contributed by atoms with E-state index >= 15 is 0 Å². The van der Waals surface area contributed by atoms with Crippen LogP contribution in [0.5, 0.6) is 5.75 Å². The number of nitrogens with zero attached hydrogens (tertiary/aromatic N) is 1. The predicted molar refractivity (Wildman–Crippen MR) is 104 cm³/mol. The number of rotatable bonds is 3. The molecule has 1 unspecified atom stereocenters. The molecule has 0 fully saturated rings. The molecule has 4 rings (SSSR count). The van der Waals surface area contributed by atoms with Crippen molar-refractivity contribution in [3.05, 3.63) is 82.6 Å². The van der Waals surface area contributed by atoms with E-state index in [4.69, 9.17) is 4.74 Å². The van der Waals surface area contributed by atoms with Crippen LogP contribution in [-0.2, 0) is 4.79 Å². The quantitative estimate of drug-likeness (QED) is 0.731. The summed E-state index contributed by atoms with van der Waals surface area (Å²) in [5.41, 5.74) is 2.89. The molecule has 0 bridgehead atoms. The standard InChI is InChI=1S/C20H15N3O3S/c24-19-18(23-20(25)26-14-10-11-27-12-14)22-17(13-6-2-1-3-7-13)15-8-4-5-9-16(15)21-19/h1-12,18H,(H,21,24)(H,23,25). The summed E-state index contributed by atoms with van der Waals surface area (Å²) in [6, 6.07) is 18.6. The molecule has 1 atom stereocenters. The molecular weight excluding hydrogens is 362 g/mol. The number of fused-ring (bicyclic) bond motifs is 1. The molecule has 2 amide bonds. The first kappa shape index (κ1) is 17.0. The highest BCUT2D eigenvalue weighted by atomic mass is 32.1. The Bertz CT molecular complexity index is 1000. The zero-order valence-electron chi connectivity index (χ0n) is 14.1. The van der Waals surface area contributed by atoms with Gasteiger partial charge in [0.15, 0.2) is 0 Å². The van der Waals surface area contributed by atoms with Crippen molar-refractivity contribution in [1.82, 2.24) is 5.32 Å². The summed E-state index contributed by atoms with van der Waals surface area (Å²) in [6.45, 7) is 0. The van der Waals surface area contributed by atoms with Gasteiger partial charge in [0.05, 0.1) is 11.4 Å². The Labute approximate surface area is 159 Å². The van der Waals surface area contributed by atoms with E-state index < -0.39 is 18.2 Å². The zero-order chi connectivity index (χ0) is 18.6. The Balaban J connectivity index is 1.68. The molecular formula is C20H15N3O3S. The van der Waals surface area contributed by atoms with E-state index in [-0.39, 0.29) is 0 Å². The van der Waals surface area contributed by atoms with Crippen LogP contribution in [-0.4, -0.2) is 23.9 Å². The van der Waals surface area contributed by atoms with Gasteiger partial charge < -0.3 is 10.1 Å². The summed E-state index contributed by atoms with van der Waals surface area (Å²) >= 11 is 1.41. The fourth-order valence-corrected chi connectivity index (χ4v) is 3.29. The number of nitrogens with one attached hydrogen (secondary N) is 2. The largest absolute Gasteiger partial charge is 0.414 e. The van der Waals surface area contributed by atoms with E-state index in [1.165, 1.54) is 11.3 Å². The van der Waals surface area contributed by atoms with Crippen molar-refractivity contribution in [2.45, 2.75) is 6.17 Å². The summed E-state index contributed by atoms with van der Waals surface area (Å²) in [7, 11) is 0. The Morgan fingerprint density at radius 2 is 1.85 bits per heavy atom. The molecule has 0 spiro atoms. The van der Waals surface area contributed by atoms with Crippen LogP contribution in [0, 0.1) is 0 Å². The molecule has 2 aromatic carbocycles.